The van der Waals surface area contributed by atoms with Crippen LogP contribution < -0.4 is 26.2 Å². The van der Waals surface area contributed by atoms with Crippen LogP contribution in [0.15, 0.2) is 164 Å². The molecule has 0 aromatic heterocycles. The van der Waals surface area contributed by atoms with E-state index in [2.05, 4.69) is 271 Å². The Balaban J connectivity index is 1.21. The maximum Gasteiger partial charge on any atom is 0.252 e. The lowest BCUT2D eigenvalue weighted by atomic mass is 9.33. The average molecular weight is 953 g/mol. The molecule has 0 fully saturated rings. The van der Waals surface area contributed by atoms with Crippen LogP contribution in [0.3, 0.4) is 0 Å². The number of anilines is 6. The molecule has 0 unspecified atom stereocenters. The largest absolute Gasteiger partial charge is 0.311 e. The summed E-state index contributed by atoms with van der Waals surface area (Å²) in [4.78, 5) is 5.35. The molecule has 2 aliphatic heterocycles. The number of hydrogen-bond acceptors (Lipinski definition) is 2. The third-order valence-corrected chi connectivity index (χ3v) is 17.5. The molecule has 2 aliphatic carbocycles. The van der Waals surface area contributed by atoms with Crippen molar-refractivity contribution in [1.29, 1.82) is 0 Å². The molecule has 4 aliphatic rings. The molecular formula is C70H73BN2. The summed E-state index contributed by atoms with van der Waals surface area (Å²) in [5.41, 5.74) is 27.6. The fourth-order valence-electron chi connectivity index (χ4n) is 14.3. The molecule has 0 radical (unpaired) electrons. The molecule has 8 aromatic rings. The molecule has 2 nitrogen and oxygen atoms in total. The molecule has 366 valence electrons. The minimum atomic E-state index is -0.155. The number of rotatable bonds is 5. The van der Waals surface area contributed by atoms with E-state index in [0.29, 0.717) is 0 Å². The van der Waals surface area contributed by atoms with Crippen LogP contribution in [-0.4, -0.2) is 6.71 Å². The van der Waals surface area contributed by atoms with Gasteiger partial charge in [0.1, 0.15) is 0 Å². The average Bonchev–Trinajstić information content (AvgIpc) is 3.66. The van der Waals surface area contributed by atoms with Gasteiger partial charge in [-0.2, -0.15) is 0 Å². The van der Waals surface area contributed by atoms with Crippen molar-refractivity contribution < 1.29 is 0 Å². The summed E-state index contributed by atoms with van der Waals surface area (Å²) < 4.78 is 0. The highest BCUT2D eigenvalue weighted by Crippen LogP contribution is 2.56. The van der Waals surface area contributed by atoms with Gasteiger partial charge in [0.2, 0.25) is 0 Å². The van der Waals surface area contributed by atoms with Crippen LogP contribution in [0.1, 0.15) is 143 Å². The maximum atomic E-state index is 2.73. The van der Waals surface area contributed by atoms with E-state index in [-0.39, 0.29) is 39.2 Å². The summed E-state index contributed by atoms with van der Waals surface area (Å²) >= 11 is 0. The fourth-order valence-corrected chi connectivity index (χ4v) is 14.3. The van der Waals surface area contributed by atoms with Crippen molar-refractivity contribution in [3.8, 4) is 33.4 Å². The predicted molar refractivity (Wildman–Crippen MR) is 316 cm³/mol. The van der Waals surface area contributed by atoms with Gasteiger partial charge in [-0.25, -0.2) is 0 Å². The summed E-state index contributed by atoms with van der Waals surface area (Å²) in [6, 6.07) is 63.8. The van der Waals surface area contributed by atoms with Gasteiger partial charge in [0.25, 0.3) is 6.71 Å². The van der Waals surface area contributed by atoms with E-state index in [1.54, 1.807) is 0 Å². The van der Waals surface area contributed by atoms with Crippen LogP contribution in [0, 0.1) is 0 Å². The van der Waals surface area contributed by atoms with E-state index in [1.807, 2.05) is 0 Å². The molecule has 2 heterocycles. The molecule has 8 aromatic carbocycles. The lowest BCUT2D eigenvalue weighted by Crippen LogP contribution is -2.61. The highest BCUT2D eigenvalue weighted by Gasteiger charge is 2.49. The molecule has 0 amide bonds. The second kappa shape index (κ2) is 16.0. The Morgan fingerprint density at radius 3 is 1.49 bits per heavy atom. The molecule has 0 saturated heterocycles. The first-order valence-corrected chi connectivity index (χ1v) is 27.0. The zero-order valence-electron chi connectivity index (χ0n) is 46.0. The van der Waals surface area contributed by atoms with E-state index in [0.717, 1.165) is 18.5 Å². The third kappa shape index (κ3) is 7.57. The van der Waals surface area contributed by atoms with Crippen LogP contribution in [0.2, 0.25) is 0 Å². The lowest BCUT2D eigenvalue weighted by Gasteiger charge is -2.46. The molecule has 0 N–H and O–H groups in total. The van der Waals surface area contributed by atoms with Crippen LogP contribution in [0.25, 0.3) is 33.4 Å². The fraction of sp³-hybridized carbons (Fsp3) is 0.314. The Bertz CT molecular complexity index is 3540. The zero-order chi connectivity index (χ0) is 51.4. The van der Waals surface area contributed by atoms with E-state index in [4.69, 9.17) is 0 Å². The minimum absolute atomic E-state index is 0.00511. The van der Waals surface area contributed by atoms with Gasteiger partial charge in [0, 0.05) is 34.0 Å². The Morgan fingerprint density at radius 1 is 0.356 bits per heavy atom. The SMILES string of the molecule is CC(C)(C)c1ccc(N2c3cc4c(cc3B3c5ccc(-c6ccccc6)cc5N(c5cccc(-c6ccccc6)c5)c5cc(C(C)(C)C)cc2c53)C(C)(C)CC4(C)C)c(-c2ccc3c(c2)C(C)(C)CC3(C)C)c1. The zero-order valence-corrected chi connectivity index (χ0v) is 46.0. The minimum Gasteiger partial charge on any atom is -0.311 e. The summed E-state index contributed by atoms with van der Waals surface area (Å²) in [5.74, 6) is 0. The van der Waals surface area contributed by atoms with Crippen LogP contribution in [-0.2, 0) is 32.5 Å². The molecule has 0 bridgehead atoms. The van der Waals surface area contributed by atoms with E-state index >= 15 is 0 Å². The van der Waals surface area contributed by atoms with Crippen LogP contribution >= 0.6 is 0 Å². The van der Waals surface area contributed by atoms with Crippen molar-refractivity contribution in [3.63, 3.8) is 0 Å². The second-order valence-electron chi connectivity index (χ2n) is 26.9. The number of nitrogens with zero attached hydrogens (tertiary/aromatic N) is 2. The van der Waals surface area contributed by atoms with Crippen molar-refractivity contribution in [2.24, 2.45) is 0 Å². The molecule has 12 rings (SSSR count). The van der Waals surface area contributed by atoms with Gasteiger partial charge in [0.05, 0.1) is 5.69 Å². The van der Waals surface area contributed by atoms with Gasteiger partial charge in [-0.15, -0.1) is 0 Å². The number of hydrogen-bond donors (Lipinski definition) is 0. The van der Waals surface area contributed by atoms with Crippen molar-refractivity contribution in [2.45, 2.75) is 142 Å². The smallest absolute Gasteiger partial charge is 0.252 e. The van der Waals surface area contributed by atoms with Crippen LogP contribution in [0.4, 0.5) is 34.1 Å². The summed E-state index contributed by atoms with van der Waals surface area (Å²) in [6.45, 7) is 33.9. The highest BCUT2D eigenvalue weighted by molar-refractivity contribution is 7.00. The number of benzene rings is 8. The van der Waals surface area contributed by atoms with Crippen molar-refractivity contribution >= 4 is 57.2 Å². The summed E-state index contributed by atoms with van der Waals surface area (Å²) in [6.07, 6.45) is 2.24. The lowest BCUT2D eigenvalue weighted by molar-refractivity contribution is 0.403. The monoisotopic (exact) mass is 953 g/mol. The molecule has 0 atom stereocenters. The van der Waals surface area contributed by atoms with Crippen molar-refractivity contribution in [2.75, 3.05) is 9.80 Å². The number of fused-ring (bicyclic) bond motifs is 6. The molecule has 3 heteroatoms. The third-order valence-electron chi connectivity index (χ3n) is 17.5. The molecule has 73 heavy (non-hydrogen) atoms. The first-order valence-electron chi connectivity index (χ1n) is 27.0. The van der Waals surface area contributed by atoms with Crippen molar-refractivity contribution in [3.05, 3.63) is 197 Å². The molecule has 0 saturated carbocycles. The first kappa shape index (κ1) is 47.4. The quantitative estimate of drug-likeness (QED) is 0.159. The van der Waals surface area contributed by atoms with E-state index in [1.165, 1.54) is 112 Å². The van der Waals surface area contributed by atoms with Gasteiger partial charge in [-0.05, 0) is 171 Å². The normalized spacial score (nSPS) is 17.4. The highest BCUT2D eigenvalue weighted by atomic mass is 15.2. The second-order valence-corrected chi connectivity index (χ2v) is 26.9. The molecular weight excluding hydrogens is 880 g/mol. The Hall–Kier alpha value is -6.58. The standard InChI is InChI=1S/C70H73BN2/c1-65(2,3)49-30-33-59(52(37-49)48-28-31-53-54(35-48)68(9,10)42-67(53,7)8)73-61-41-56-55(69(11,12)43-70(56,13)14)40-58(61)71-57-32-29-47(45-24-19-16-20-25-45)36-60(57)72(62-38-50(66(4,5)6)39-63(73)64(62)71)51-27-21-26-46(34-51)44-22-17-15-18-23-44/h15-41H,42-43H2,1-14H3. The topological polar surface area (TPSA) is 6.48 Å². The van der Waals surface area contributed by atoms with Gasteiger partial charge >= 0.3 is 0 Å². The van der Waals surface area contributed by atoms with E-state index in [9.17, 15) is 0 Å². The summed E-state index contributed by atoms with van der Waals surface area (Å²) in [7, 11) is 0. The van der Waals surface area contributed by atoms with Gasteiger partial charge in [-0.3, -0.25) is 0 Å². The van der Waals surface area contributed by atoms with E-state index < -0.39 is 0 Å². The predicted octanol–water partition coefficient (Wildman–Crippen LogP) is 17.3. The van der Waals surface area contributed by atoms with Crippen LogP contribution in [0.5, 0.6) is 0 Å². The van der Waals surface area contributed by atoms with Gasteiger partial charge in [-0.1, -0.05) is 212 Å². The maximum absolute atomic E-state index is 2.73. The van der Waals surface area contributed by atoms with Gasteiger partial charge in [0.15, 0.2) is 0 Å². The Labute approximate surface area is 437 Å². The Morgan fingerprint density at radius 2 is 0.877 bits per heavy atom. The van der Waals surface area contributed by atoms with Gasteiger partial charge < -0.3 is 9.80 Å². The van der Waals surface area contributed by atoms with Crippen molar-refractivity contribution in [1.82, 2.24) is 0 Å². The molecule has 0 spiro atoms. The first-order chi connectivity index (χ1) is 34.4. The summed E-state index contributed by atoms with van der Waals surface area (Å²) in [5, 5.41) is 0. The Kier molecular flexibility index (Phi) is 10.4.